The molecule has 6 heteroatoms. The van der Waals surface area contributed by atoms with Gasteiger partial charge < -0.3 is 19.2 Å². The summed E-state index contributed by atoms with van der Waals surface area (Å²) in [5, 5.41) is 0. The Morgan fingerprint density at radius 2 is 2.29 bits per heavy atom. The Hall–Kier alpha value is -1.27. The van der Waals surface area contributed by atoms with E-state index in [1.165, 1.54) is 18.2 Å². The first-order chi connectivity index (χ1) is 6.63. The SMILES string of the molecule is CCOc1cc(OS(=O)[O-])ccc1N. The lowest BCUT2D eigenvalue weighted by Gasteiger charge is -2.10. The van der Waals surface area contributed by atoms with Crippen molar-refractivity contribution in [1.29, 1.82) is 0 Å². The highest BCUT2D eigenvalue weighted by Crippen LogP contribution is 2.27. The van der Waals surface area contributed by atoms with Crippen LogP contribution in [0.1, 0.15) is 6.92 Å². The summed E-state index contributed by atoms with van der Waals surface area (Å²) in [6, 6.07) is 4.40. The van der Waals surface area contributed by atoms with Crippen LogP contribution in [0.2, 0.25) is 0 Å². The third-order valence-electron chi connectivity index (χ3n) is 1.45. The molecule has 78 valence electrons. The maximum Gasteiger partial charge on any atom is 0.145 e. The first-order valence-corrected chi connectivity index (χ1v) is 4.93. The monoisotopic (exact) mass is 216 g/mol. The van der Waals surface area contributed by atoms with Crippen LogP contribution in [-0.2, 0) is 11.4 Å². The van der Waals surface area contributed by atoms with Gasteiger partial charge in [-0.2, -0.15) is 0 Å². The molecule has 0 heterocycles. The molecule has 0 aliphatic carbocycles. The molecule has 0 aliphatic rings. The molecule has 0 spiro atoms. The average molecular weight is 216 g/mol. The molecule has 0 fully saturated rings. The minimum absolute atomic E-state index is 0.177. The molecule has 1 rings (SSSR count). The van der Waals surface area contributed by atoms with Crippen LogP contribution < -0.4 is 14.7 Å². The van der Waals surface area contributed by atoms with E-state index >= 15 is 0 Å². The van der Waals surface area contributed by atoms with Gasteiger partial charge in [0.05, 0.1) is 12.3 Å². The van der Waals surface area contributed by atoms with Crippen molar-refractivity contribution in [3.63, 3.8) is 0 Å². The van der Waals surface area contributed by atoms with Crippen LogP contribution in [0.15, 0.2) is 18.2 Å². The fourth-order valence-corrected chi connectivity index (χ4v) is 1.19. The Balaban J connectivity index is 2.88. The zero-order chi connectivity index (χ0) is 10.6. The molecule has 1 unspecified atom stereocenters. The summed E-state index contributed by atoms with van der Waals surface area (Å²) >= 11 is -2.58. The number of hydrogen-bond acceptors (Lipinski definition) is 5. The van der Waals surface area contributed by atoms with Crippen molar-refractivity contribution in [3.05, 3.63) is 18.2 Å². The van der Waals surface area contributed by atoms with Crippen LogP contribution in [0.4, 0.5) is 5.69 Å². The Kier molecular flexibility index (Phi) is 3.73. The largest absolute Gasteiger partial charge is 0.740 e. The third-order valence-corrected chi connectivity index (χ3v) is 1.78. The maximum absolute atomic E-state index is 10.2. The van der Waals surface area contributed by atoms with E-state index in [9.17, 15) is 8.76 Å². The summed E-state index contributed by atoms with van der Waals surface area (Å²) in [6.07, 6.45) is 0. The summed E-state index contributed by atoms with van der Waals surface area (Å²) in [5.74, 6) is 0.589. The highest BCUT2D eigenvalue weighted by Gasteiger charge is 2.02. The van der Waals surface area contributed by atoms with Crippen LogP contribution in [-0.4, -0.2) is 15.4 Å². The predicted octanol–water partition coefficient (Wildman–Crippen LogP) is 0.840. The van der Waals surface area contributed by atoms with Gasteiger partial charge >= 0.3 is 0 Å². The van der Waals surface area contributed by atoms with Crippen molar-refractivity contribution < 1.29 is 17.7 Å². The number of anilines is 1. The molecule has 1 aromatic carbocycles. The molecular weight excluding hydrogens is 206 g/mol. The van der Waals surface area contributed by atoms with Gasteiger partial charge in [-0.05, 0) is 19.1 Å². The molecule has 0 bridgehead atoms. The van der Waals surface area contributed by atoms with E-state index in [-0.39, 0.29) is 5.75 Å². The van der Waals surface area contributed by atoms with E-state index < -0.39 is 11.4 Å². The molecule has 0 radical (unpaired) electrons. The second kappa shape index (κ2) is 4.83. The van der Waals surface area contributed by atoms with E-state index in [1.807, 2.05) is 0 Å². The smallest absolute Gasteiger partial charge is 0.145 e. The molecule has 14 heavy (non-hydrogen) atoms. The molecular formula is C8H10NO4S-. The Morgan fingerprint density at radius 1 is 1.57 bits per heavy atom. The summed E-state index contributed by atoms with van der Waals surface area (Å²) in [6.45, 7) is 2.26. The molecule has 0 saturated carbocycles. The van der Waals surface area contributed by atoms with Crippen molar-refractivity contribution >= 4 is 17.0 Å². The minimum atomic E-state index is -2.58. The Bertz CT molecular complexity index is 342. The molecule has 1 aromatic rings. The highest BCUT2D eigenvalue weighted by molar-refractivity contribution is 7.74. The lowest BCUT2D eigenvalue weighted by Crippen LogP contribution is -2.00. The molecule has 0 aliphatic heterocycles. The van der Waals surface area contributed by atoms with Gasteiger partial charge in [-0.15, -0.1) is 0 Å². The topological polar surface area (TPSA) is 84.6 Å². The maximum atomic E-state index is 10.2. The lowest BCUT2D eigenvalue weighted by atomic mass is 10.3. The summed E-state index contributed by atoms with van der Waals surface area (Å²) in [7, 11) is 0. The second-order valence-electron chi connectivity index (χ2n) is 2.42. The van der Waals surface area contributed by atoms with Gasteiger partial charge in [0.1, 0.15) is 22.9 Å². The van der Waals surface area contributed by atoms with Gasteiger partial charge in [0.25, 0.3) is 0 Å². The van der Waals surface area contributed by atoms with Crippen molar-refractivity contribution in [2.45, 2.75) is 6.92 Å². The molecule has 0 saturated heterocycles. The molecule has 1 atom stereocenters. The number of nitrogens with two attached hydrogens (primary N) is 1. The minimum Gasteiger partial charge on any atom is -0.740 e. The van der Waals surface area contributed by atoms with Crippen LogP contribution in [0, 0.1) is 0 Å². The number of rotatable bonds is 4. The van der Waals surface area contributed by atoms with Crippen LogP contribution in [0.5, 0.6) is 11.5 Å². The quantitative estimate of drug-likeness (QED) is 0.595. The molecule has 0 amide bonds. The number of hydrogen-bond donors (Lipinski definition) is 1. The van der Waals surface area contributed by atoms with Crippen LogP contribution in [0.25, 0.3) is 0 Å². The summed E-state index contributed by atoms with van der Waals surface area (Å²) in [4.78, 5) is 0. The Morgan fingerprint density at radius 3 is 2.86 bits per heavy atom. The summed E-state index contributed by atoms with van der Waals surface area (Å²) < 4.78 is 30.0. The first-order valence-electron chi connectivity index (χ1n) is 3.93. The van der Waals surface area contributed by atoms with Gasteiger partial charge in [-0.3, -0.25) is 0 Å². The van der Waals surface area contributed by atoms with Crippen LogP contribution in [0.3, 0.4) is 0 Å². The molecule has 5 nitrogen and oxygen atoms in total. The van der Waals surface area contributed by atoms with Crippen molar-refractivity contribution in [1.82, 2.24) is 0 Å². The van der Waals surface area contributed by atoms with Crippen molar-refractivity contribution in [2.24, 2.45) is 0 Å². The normalized spacial score (nSPS) is 12.1. The van der Waals surface area contributed by atoms with Crippen LogP contribution >= 0.6 is 0 Å². The van der Waals surface area contributed by atoms with Crippen molar-refractivity contribution in [2.75, 3.05) is 12.3 Å². The van der Waals surface area contributed by atoms with Gasteiger partial charge in [0, 0.05) is 6.07 Å². The van der Waals surface area contributed by atoms with Gasteiger partial charge in [-0.1, -0.05) is 0 Å². The third kappa shape index (κ3) is 2.90. The van der Waals surface area contributed by atoms with E-state index in [1.54, 1.807) is 6.92 Å². The van der Waals surface area contributed by atoms with Gasteiger partial charge in [0.15, 0.2) is 0 Å². The van der Waals surface area contributed by atoms with Crippen molar-refractivity contribution in [3.8, 4) is 11.5 Å². The number of benzene rings is 1. The van der Waals surface area contributed by atoms with E-state index in [2.05, 4.69) is 4.18 Å². The first kappa shape index (κ1) is 10.8. The summed E-state index contributed by atoms with van der Waals surface area (Å²) in [5.41, 5.74) is 6.01. The average Bonchev–Trinajstić information content (AvgIpc) is 2.10. The highest BCUT2D eigenvalue weighted by atomic mass is 32.2. The zero-order valence-electron chi connectivity index (χ0n) is 7.56. The van der Waals surface area contributed by atoms with E-state index in [4.69, 9.17) is 10.5 Å². The standard InChI is InChI=1S/C8H11NO4S/c1-2-12-8-5-6(13-14(10)11)3-4-7(8)9/h3-5H,2,9H2,1H3,(H,10,11)/p-1. The predicted molar refractivity (Wildman–Crippen MR) is 51.6 cm³/mol. The van der Waals surface area contributed by atoms with E-state index in [0.717, 1.165) is 0 Å². The fourth-order valence-electron chi connectivity index (χ4n) is 0.926. The number of ether oxygens (including phenoxy) is 1. The van der Waals surface area contributed by atoms with Gasteiger partial charge in [-0.25, -0.2) is 4.21 Å². The second-order valence-corrected chi connectivity index (χ2v) is 3.00. The molecule has 2 N–H and O–H groups in total. The molecule has 0 aromatic heterocycles. The Labute approximate surface area is 84.3 Å². The lowest BCUT2D eigenvalue weighted by molar-refractivity contribution is 0.340. The van der Waals surface area contributed by atoms with Gasteiger partial charge in [0.2, 0.25) is 0 Å². The fraction of sp³-hybridized carbons (Fsp3) is 0.250. The van der Waals surface area contributed by atoms with E-state index in [0.29, 0.717) is 18.0 Å². The number of nitrogen functional groups attached to an aromatic ring is 1. The zero-order valence-corrected chi connectivity index (χ0v) is 8.37.